The van der Waals surface area contributed by atoms with Gasteiger partial charge in [-0.3, -0.25) is 0 Å². The number of nitrogens with zero attached hydrogens (tertiary/aromatic N) is 4. The maximum absolute atomic E-state index is 5.90. The van der Waals surface area contributed by atoms with Gasteiger partial charge in [0.15, 0.2) is 11.5 Å². The minimum Gasteiger partial charge on any atom is -0.490 e. The SMILES string of the molecule is CCOc1cc(C=Nn2cnnc2)ccc1OCCc1ccccc1. The summed E-state index contributed by atoms with van der Waals surface area (Å²) in [5, 5.41) is 11.7. The molecule has 0 radical (unpaired) electrons. The number of rotatable bonds is 8. The average Bonchev–Trinajstić information content (AvgIpc) is 3.16. The lowest BCUT2D eigenvalue weighted by atomic mass is 10.2. The fourth-order valence-electron chi connectivity index (χ4n) is 2.30. The van der Waals surface area contributed by atoms with Gasteiger partial charge in [0.05, 0.1) is 19.4 Å². The summed E-state index contributed by atoms with van der Waals surface area (Å²) in [6, 6.07) is 16.0. The Hall–Kier alpha value is -3.15. The standard InChI is InChI=1S/C19H20N4O2/c1-2-24-19-12-17(13-22-23-14-20-21-15-23)8-9-18(19)25-11-10-16-6-4-3-5-7-16/h3-9,12-15H,2,10-11H2,1H3. The first kappa shape index (κ1) is 16.7. The zero-order chi connectivity index (χ0) is 17.3. The summed E-state index contributed by atoms with van der Waals surface area (Å²) in [4.78, 5) is 0. The second-order valence-electron chi connectivity index (χ2n) is 5.31. The molecule has 1 aromatic heterocycles. The van der Waals surface area contributed by atoms with E-state index < -0.39 is 0 Å². The van der Waals surface area contributed by atoms with Crippen LogP contribution in [-0.2, 0) is 6.42 Å². The van der Waals surface area contributed by atoms with Crippen molar-refractivity contribution in [2.75, 3.05) is 13.2 Å². The summed E-state index contributed by atoms with van der Waals surface area (Å²) >= 11 is 0. The molecule has 0 atom stereocenters. The molecule has 0 aliphatic carbocycles. The summed E-state index contributed by atoms with van der Waals surface area (Å²) in [6.45, 7) is 3.12. The van der Waals surface area contributed by atoms with Gasteiger partial charge in [0.25, 0.3) is 0 Å². The predicted octanol–water partition coefficient (Wildman–Crippen LogP) is 3.18. The van der Waals surface area contributed by atoms with E-state index in [4.69, 9.17) is 9.47 Å². The van der Waals surface area contributed by atoms with Gasteiger partial charge in [0.1, 0.15) is 12.7 Å². The largest absolute Gasteiger partial charge is 0.490 e. The van der Waals surface area contributed by atoms with Crippen molar-refractivity contribution in [3.63, 3.8) is 0 Å². The Morgan fingerprint density at radius 2 is 1.80 bits per heavy atom. The monoisotopic (exact) mass is 336 g/mol. The molecular weight excluding hydrogens is 316 g/mol. The molecule has 3 rings (SSSR count). The number of benzene rings is 2. The first-order valence-corrected chi connectivity index (χ1v) is 8.17. The molecule has 0 aliphatic rings. The van der Waals surface area contributed by atoms with E-state index in [-0.39, 0.29) is 0 Å². The zero-order valence-electron chi connectivity index (χ0n) is 14.1. The normalized spacial score (nSPS) is 10.9. The van der Waals surface area contributed by atoms with Gasteiger partial charge in [0.2, 0.25) is 0 Å². The highest BCUT2D eigenvalue weighted by atomic mass is 16.5. The molecule has 6 nitrogen and oxygen atoms in total. The van der Waals surface area contributed by atoms with Crippen molar-refractivity contribution in [3.8, 4) is 11.5 Å². The van der Waals surface area contributed by atoms with Crippen molar-refractivity contribution in [2.24, 2.45) is 5.10 Å². The first-order valence-electron chi connectivity index (χ1n) is 8.17. The van der Waals surface area contributed by atoms with E-state index in [1.54, 1.807) is 6.21 Å². The van der Waals surface area contributed by atoms with Crippen LogP contribution in [0.25, 0.3) is 0 Å². The average molecular weight is 336 g/mol. The van der Waals surface area contributed by atoms with Crippen LogP contribution in [-0.4, -0.2) is 34.3 Å². The van der Waals surface area contributed by atoms with Gasteiger partial charge in [0, 0.05) is 6.42 Å². The second-order valence-corrected chi connectivity index (χ2v) is 5.31. The summed E-state index contributed by atoms with van der Waals surface area (Å²) in [7, 11) is 0. The summed E-state index contributed by atoms with van der Waals surface area (Å²) in [5.41, 5.74) is 2.16. The maximum Gasteiger partial charge on any atom is 0.161 e. The predicted molar refractivity (Wildman–Crippen MR) is 96.3 cm³/mol. The second kappa shape index (κ2) is 8.63. The van der Waals surface area contributed by atoms with E-state index in [0.29, 0.717) is 19.0 Å². The molecule has 0 bridgehead atoms. The van der Waals surface area contributed by atoms with E-state index in [9.17, 15) is 0 Å². The molecule has 6 heteroatoms. The molecule has 0 aliphatic heterocycles. The van der Waals surface area contributed by atoms with Gasteiger partial charge in [-0.1, -0.05) is 30.3 Å². The van der Waals surface area contributed by atoms with E-state index in [1.165, 1.54) is 22.9 Å². The number of ether oxygens (including phenoxy) is 2. The van der Waals surface area contributed by atoms with Crippen molar-refractivity contribution < 1.29 is 9.47 Å². The highest BCUT2D eigenvalue weighted by Crippen LogP contribution is 2.28. The van der Waals surface area contributed by atoms with Crippen molar-refractivity contribution >= 4 is 6.21 Å². The quantitative estimate of drug-likeness (QED) is 0.593. The molecular formula is C19H20N4O2. The fourth-order valence-corrected chi connectivity index (χ4v) is 2.30. The zero-order valence-corrected chi connectivity index (χ0v) is 14.1. The summed E-state index contributed by atoms with van der Waals surface area (Å²) in [5.74, 6) is 1.45. The smallest absolute Gasteiger partial charge is 0.161 e. The fraction of sp³-hybridized carbons (Fsp3) is 0.211. The van der Waals surface area contributed by atoms with Gasteiger partial charge in [-0.15, -0.1) is 10.2 Å². The van der Waals surface area contributed by atoms with Crippen molar-refractivity contribution in [2.45, 2.75) is 13.3 Å². The molecule has 0 N–H and O–H groups in total. The van der Waals surface area contributed by atoms with E-state index in [1.807, 2.05) is 43.3 Å². The Bertz CT molecular complexity index is 802. The van der Waals surface area contributed by atoms with Gasteiger partial charge in [-0.25, -0.2) is 4.68 Å². The lowest BCUT2D eigenvalue weighted by Gasteiger charge is -2.12. The molecule has 25 heavy (non-hydrogen) atoms. The summed E-state index contributed by atoms with van der Waals surface area (Å²) < 4.78 is 13.1. The van der Waals surface area contributed by atoms with E-state index >= 15 is 0 Å². The topological polar surface area (TPSA) is 61.5 Å². The molecule has 0 fully saturated rings. The Kier molecular flexibility index (Phi) is 5.77. The van der Waals surface area contributed by atoms with Crippen LogP contribution < -0.4 is 9.47 Å². The maximum atomic E-state index is 5.90. The van der Waals surface area contributed by atoms with Crippen LogP contribution in [0.15, 0.2) is 66.3 Å². The van der Waals surface area contributed by atoms with Crippen LogP contribution in [0.4, 0.5) is 0 Å². The molecule has 0 spiro atoms. The van der Waals surface area contributed by atoms with Crippen LogP contribution in [0.5, 0.6) is 11.5 Å². The minimum absolute atomic E-state index is 0.571. The Labute approximate surface area is 146 Å². The molecule has 3 aromatic rings. The third-order valence-electron chi connectivity index (χ3n) is 3.51. The Morgan fingerprint density at radius 1 is 1.00 bits per heavy atom. The number of hydrogen-bond acceptors (Lipinski definition) is 5. The highest BCUT2D eigenvalue weighted by Gasteiger charge is 2.06. The van der Waals surface area contributed by atoms with Crippen LogP contribution >= 0.6 is 0 Å². The molecule has 0 saturated heterocycles. The van der Waals surface area contributed by atoms with Crippen molar-refractivity contribution in [3.05, 3.63) is 72.3 Å². The van der Waals surface area contributed by atoms with Gasteiger partial charge >= 0.3 is 0 Å². The third-order valence-corrected chi connectivity index (χ3v) is 3.51. The lowest BCUT2D eigenvalue weighted by Crippen LogP contribution is -2.04. The van der Waals surface area contributed by atoms with Crippen molar-refractivity contribution in [1.29, 1.82) is 0 Å². The van der Waals surface area contributed by atoms with Gasteiger partial charge in [-0.05, 0) is 36.2 Å². The van der Waals surface area contributed by atoms with Crippen LogP contribution in [0.2, 0.25) is 0 Å². The van der Waals surface area contributed by atoms with E-state index in [2.05, 4.69) is 27.4 Å². The molecule has 2 aromatic carbocycles. The highest BCUT2D eigenvalue weighted by molar-refractivity contribution is 5.80. The minimum atomic E-state index is 0.571. The van der Waals surface area contributed by atoms with Crippen molar-refractivity contribution in [1.82, 2.24) is 14.9 Å². The molecule has 1 heterocycles. The number of aromatic nitrogens is 3. The Balaban J connectivity index is 1.66. The third kappa shape index (κ3) is 4.91. The van der Waals surface area contributed by atoms with Crippen LogP contribution in [0.3, 0.4) is 0 Å². The molecule has 0 unspecified atom stereocenters. The molecule has 0 amide bonds. The first-order chi connectivity index (χ1) is 12.3. The molecule has 128 valence electrons. The number of hydrogen-bond donors (Lipinski definition) is 0. The van der Waals surface area contributed by atoms with E-state index in [0.717, 1.165) is 17.7 Å². The van der Waals surface area contributed by atoms with Crippen LogP contribution in [0, 0.1) is 0 Å². The van der Waals surface area contributed by atoms with Crippen LogP contribution in [0.1, 0.15) is 18.1 Å². The Morgan fingerprint density at radius 3 is 2.56 bits per heavy atom. The van der Waals surface area contributed by atoms with Gasteiger partial charge < -0.3 is 9.47 Å². The lowest BCUT2D eigenvalue weighted by molar-refractivity contribution is 0.279. The summed E-state index contributed by atoms with van der Waals surface area (Å²) in [6.07, 6.45) is 5.63. The molecule has 0 saturated carbocycles. The van der Waals surface area contributed by atoms with Gasteiger partial charge in [-0.2, -0.15) is 5.10 Å².